The van der Waals surface area contributed by atoms with Gasteiger partial charge in [0.05, 0.1) is 11.6 Å². The zero-order valence-corrected chi connectivity index (χ0v) is 19.6. The van der Waals surface area contributed by atoms with Crippen LogP contribution in [0, 0.1) is 11.8 Å². The molecule has 3 aliphatic carbocycles. The van der Waals surface area contributed by atoms with E-state index in [0.29, 0.717) is 24.8 Å². The van der Waals surface area contributed by atoms with Gasteiger partial charge in [-0.25, -0.2) is 13.2 Å². The number of aliphatic hydroxyl groups is 1. The third-order valence-corrected chi connectivity index (χ3v) is 7.92. The molecule has 0 aromatic rings. The van der Waals surface area contributed by atoms with E-state index in [-0.39, 0.29) is 46.5 Å². The Morgan fingerprint density at radius 3 is 2.71 bits per heavy atom. The summed E-state index contributed by atoms with van der Waals surface area (Å²) < 4.78 is 41.7. The molecule has 5 atom stereocenters. The van der Waals surface area contributed by atoms with E-state index in [1.807, 2.05) is 4.90 Å². The Morgan fingerprint density at radius 2 is 2.06 bits per heavy atom. The standard InChI is InChI=1S/C25H26F3N3O4/c1-11-20-15-5-18(21(11)20)31-19(15)9-30(22(12(2)33)24(31)35)8-13(10-32)23(34)29-7-14-4-16(26)17(27)6-25(14,3)28/h4,8,10,15,18-19,21,33H,5-7,9H2,1-3H3,(H,29,34)/b13-8+,22-12+/t15?,18?,19-,21+,25?/m0/s1. The van der Waals surface area contributed by atoms with Gasteiger partial charge in [0.25, 0.3) is 11.8 Å². The van der Waals surface area contributed by atoms with E-state index in [1.54, 1.807) is 0 Å². The summed E-state index contributed by atoms with van der Waals surface area (Å²) in [5.74, 6) is -3.29. The summed E-state index contributed by atoms with van der Waals surface area (Å²) in [6.07, 6.45) is 2.29. The van der Waals surface area contributed by atoms with E-state index in [1.165, 1.54) is 29.2 Å². The lowest BCUT2D eigenvalue weighted by Crippen LogP contribution is -2.57. The fourth-order valence-corrected chi connectivity index (χ4v) is 6.23. The van der Waals surface area contributed by atoms with Crippen LogP contribution in [-0.4, -0.2) is 63.8 Å². The molecule has 2 aliphatic heterocycles. The van der Waals surface area contributed by atoms with Crippen LogP contribution in [0.5, 0.6) is 0 Å². The first kappa shape index (κ1) is 23.4. The van der Waals surface area contributed by atoms with Crippen molar-refractivity contribution >= 4 is 18.1 Å². The van der Waals surface area contributed by atoms with Crippen LogP contribution in [0.2, 0.25) is 0 Å². The number of aliphatic hydroxyl groups excluding tert-OH is 1. The number of carbonyl (C=O) groups is 3. The fraction of sp³-hybridized carbons (Fsp3) is 0.480. The Labute approximate surface area is 200 Å². The van der Waals surface area contributed by atoms with Crippen molar-refractivity contribution in [2.45, 2.75) is 51.4 Å². The van der Waals surface area contributed by atoms with Gasteiger partial charge in [-0.3, -0.25) is 14.4 Å². The second-order valence-electron chi connectivity index (χ2n) is 10.1. The van der Waals surface area contributed by atoms with Gasteiger partial charge in [-0.2, -0.15) is 0 Å². The Kier molecular flexibility index (Phi) is 5.26. The van der Waals surface area contributed by atoms with Crippen molar-refractivity contribution in [1.82, 2.24) is 15.1 Å². The molecule has 2 bridgehead atoms. The number of hydrogen-bond acceptors (Lipinski definition) is 5. The van der Waals surface area contributed by atoms with E-state index in [0.717, 1.165) is 13.3 Å². The van der Waals surface area contributed by atoms with Gasteiger partial charge in [-0.1, -0.05) is 11.1 Å². The minimum atomic E-state index is -2.19. The van der Waals surface area contributed by atoms with Crippen LogP contribution in [-0.2, 0) is 14.4 Å². The normalized spacial score (nSPS) is 35.2. The second-order valence-corrected chi connectivity index (χ2v) is 10.1. The summed E-state index contributed by atoms with van der Waals surface area (Å²) in [7, 11) is 0. The molecule has 2 N–H and O–H groups in total. The molecule has 7 nitrogen and oxygen atoms in total. The highest BCUT2D eigenvalue weighted by Crippen LogP contribution is 2.63. The molecule has 10 heteroatoms. The lowest BCUT2D eigenvalue weighted by atomic mass is 9.89. The maximum atomic E-state index is 14.7. The van der Waals surface area contributed by atoms with Crippen molar-refractivity contribution in [3.63, 3.8) is 0 Å². The van der Waals surface area contributed by atoms with Crippen molar-refractivity contribution in [3.05, 3.63) is 57.7 Å². The summed E-state index contributed by atoms with van der Waals surface area (Å²) in [4.78, 5) is 41.1. The Balaban J connectivity index is 1.36. The number of fused-ring (bicyclic) bond motifs is 8. The highest BCUT2D eigenvalue weighted by atomic mass is 19.2. The SMILES string of the molecule is CC1=C2C3CC([C@@H]12)N1C(=O)/C(=C(/C)O)N(/C=C(\C=O)C(=O)NCC2=CC(F)=C(F)CC2(C)F)C[C@@H]31. The highest BCUT2D eigenvalue weighted by Gasteiger charge is 2.64. The van der Waals surface area contributed by atoms with Gasteiger partial charge in [0.15, 0.2) is 12.1 Å². The number of aldehydes is 1. The van der Waals surface area contributed by atoms with Crippen molar-refractivity contribution < 1.29 is 32.7 Å². The Bertz CT molecular complexity index is 1210. The number of nitrogens with zero attached hydrogens (tertiary/aromatic N) is 2. The smallest absolute Gasteiger partial charge is 0.274 e. The molecule has 5 aliphatic rings. The van der Waals surface area contributed by atoms with Gasteiger partial charge < -0.3 is 20.2 Å². The Morgan fingerprint density at radius 1 is 1.34 bits per heavy atom. The van der Waals surface area contributed by atoms with E-state index in [4.69, 9.17) is 0 Å². The molecule has 35 heavy (non-hydrogen) atoms. The molecule has 0 radical (unpaired) electrons. The van der Waals surface area contributed by atoms with Crippen molar-refractivity contribution in [1.29, 1.82) is 0 Å². The van der Waals surface area contributed by atoms with Gasteiger partial charge >= 0.3 is 0 Å². The molecule has 0 aromatic heterocycles. The van der Waals surface area contributed by atoms with Crippen molar-refractivity contribution in [2.75, 3.05) is 13.1 Å². The predicted molar refractivity (Wildman–Crippen MR) is 119 cm³/mol. The van der Waals surface area contributed by atoms with E-state index >= 15 is 0 Å². The molecule has 1 saturated carbocycles. The molecular weight excluding hydrogens is 463 g/mol. The number of nitrogens with one attached hydrogen (secondary N) is 1. The first-order valence-electron chi connectivity index (χ1n) is 11.5. The fourth-order valence-electron chi connectivity index (χ4n) is 6.23. The lowest BCUT2D eigenvalue weighted by Gasteiger charge is -2.44. The summed E-state index contributed by atoms with van der Waals surface area (Å²) in [5.41, 5.74) is -0.0167. The van der Waals surface area contributed by atoms with E-state index in [2.05, 4.69) is 12.2 Å². The van der Waals surface area contributed by atoms with Crippen LogP contribution in [0.3, 0.4) is 0 Å². The average Bonchev–Trinajstić information content (AvgIpc) is 3.13. The van der Waals surface area contributed by atoms with Gasteiger partial charge in [-0.15, -0.1) is 0 Å². The largest absolute Gasteiger partial charge is 0.510 e. The first-order valence-corrected chi connectivity index (χ1v) is 11.5. The number of piperidine rings is 1. The van der Waals surface area contributed by atoms with Gasteiger partial charge in [0, 0.05) is 43.6 Å². The highest BCUT2D eigenvalue weighted by molar-refractivity contribution is 6.10. The second kappa shape index (κ2) is 7.86. The third kappa shape index (κ3) is 3.52. The minimum absolute atomic E-state index is 0.00481. The summed E-state index contributed by atoms with van der Waals surface area (Å²) in [5, 5.41) is 12.6. The molecule has 2 amide bonds. The van der Waals surface area contributed by atoms with Crippen LogP contribution in [0.1, 0.15) is 33.6 Å². The van der Waals surface area contributed by atoms with Crippen LogP contribution < -0.4 is 5.32 Å². The summed E-state index contributed by atoms with van der Waals surface area (Å²) in [6.45, 7) is 4.39. The van der Waals surface area contributed by atoms with Gasteiger partial charge in [0.1, 0.15) is 23.0 Å². The van der Waals surface area contributed by atoms with Crippen LogP contribution in [0.4, 0.5) is 13.2 Å². The molecule has 2 heterocycles. The van der Waals surface area contributed by atoms with Crippen molar-refractivity contribution in [2.24, 2.45) is 11.8 Å². The van der Waals surface area contributed by atoms with Crippen LogP contribution in [0.15, 0.2) is 57.7 Å². The number of piperazine rings is 1. The van der Waals surface area contributed by atoms with E-state index in [9.17, 15) is 32.7 Å². The quantitative estimate of drug-likeness (QED) is 0.155. The number of rotatable bonds is 5. The zero-order valence-electron chi connectivity index (χ0n) is 19.6. The molecule has 3 unspecified atom stereocenters. The number of amides is 2. The molecule has 0 spiro atoms. The third-order valence-electron chi connectivity index (χ3n) is 7.92. The summed E-state index contributed by atoms with van der Waals surface area (Å²) in [6, 6.07) is -0.0457. The van der Waals surface area contributed by atoms with Crippen LogP contribution in [0.25, 0.3) is 0 Å². The number of alkyl halides is 1. The molecule has 0 aromatic carbocycles. The number of carbonyl (C=O) groups excluding carboxylic acids is 3. The maximum Gasteiger partial charge on any atom is 0.274 e. The first-order chi connectivity index (χ1) is 16.5. The van der Waals surface area contributed by atoms with Crippen molar-refractivity contribution in [3.8, 4) is 0 Å². The molecule has 2 saturated heterocycles. The number of halogens is 3. The average molecular weight is 489 g/mol. The maximum absolute atomic E-state index is 14.7. The minimum Gasteiger partial charge on any atom is -0.510 e. The molecule has 186 valence electrons. The summed E-state index contributed by atoms with van der Waals surface area (Å²) >= 11 is 0. The number of hydrogen-bond donors (Lipinski definition) is 2. The lowest BCUT2D eigenvalue weighted by molar-refractivity contribution is -0.136. The van der Waals surface area contributed by atoms with E-state index < -0.39 is 36.2 Å². The molecule has 3 fully saturated rings. The topological polar surface area (TPSA) is 90.0 Å². The van der Waals surface area contributed by atoms with Gasteiger partial charge in [0.2, 0.25) is 0 Å². The number of allylic oxidation sites excluding steroid dienone is 4. The zero-order chi connectivity index (χ0) is 25.4. The van der Waals surface area contributed by atoms with Gasteiger partial charge in [-0.05, 0) is 38.8 Å². The monoisotopic (exact) mass is 489 g/mol. The van der Waals surface area contributed by atoms with Crippen LogP contribution >= 0.6 is 0 Å². The molecule has 5 rings (SSSR count). The Hall–Kier alpha value is -3.30. The molecular formula is C25H26F3N3O4. The predicted octanol–water partition coefficient (Wildman–Crippen LogP) is 3.05.